The van der Waals surface area contributed by atoms with Gasteiger partial charge in [0.05, 0.1) is 0 Å². The van der Waals surface area contributed by atoms with Gasteiger partial charge < -0.3 is 4.74 Å². The molecule has 0 bridgehead atoms. The second-order valence-electron chi connectivity index (χ2n) is 3.29. The van der Waals surface area contributed by atoms with Crippen LogP contribution in [0.5, 0.6) is 5.75 Å². The zero-order chi connectivity index (χ0) is 11.3. The van der Waals surface area contributed by atoms with Crippen molar-refractivity contribution in [2.75, 3.05) is 6.61 Å². The smallest absolute Gasteiger partial charge is 0.169 e. The summed E-state index contributed by atoms with van der Waals surface area (Å²) in [6.07, 6.45) is 1.37. The second kappa shape index (κ2) is 5.76. The third-order valence-electron chi connectivity index (χ3n) is 2.19. The summed E-state index contributed by atoms with van der Waals surface area (Å²) >= 11 is 5.96. The topological polar surface area (TPSA) is 26.3 Å². The van der Waals surface area contributed by atoms with E-state index in [1.54, 1.807) is 12.1 Å². The van der Waals surface area contributed by atoms with Gasteiger partial charge in [-0.15, -0.1) is 0 Å². The molecule has 0 atom stereocenters. The number of carbonyl (C=O) groups is 1. The number of carbonyl (C=O) groups excluding carboxylic acids is 1. The number of ether oxygens (including phenoxy) is 1. The second-order valence-corrected chi connectivity index (χ2v) is 3.69. The minimum atomic E-state index is 0.1000. The molecular weight excluding hydrogens is 212 g/mol. The van der Waals surface area contributed by atoms with Crippen molar-refractivity contribution < 1.29 is 9.53 Å². The Balaban J connectivity index is 2.66. The number of rotatable bonds is 5. The van der Waals surface area contributed by atoms with Crippen molar-refractivity contribution in [1.29, 1.82) is 0 Å². The van der Waals surface area contributed by atoms with Gasteiger partial charge in [-0.05, 0) is 30.2 Å². The molecule has 0 saturated carbocycles. The zero-order valence-corrected chi connectivity index (χ0v) is 9.80. The van der Waals surface area contributed by atoms with Gasteiger partial charge in [0.25, 0.3) is 0 Å². The quantitative estimate of drug-likeness (QED) is 0.771. The maximum atomic E-state index is 11.1. The van der Waals surface area contributed by atoms with E-state index in [0.717, 1.165) is 17.0 Å². The van der Waals surface area contributed by atoms with E-state index in [1.807, 2.05) is 19.9 Å². The minimum Gasteiger partial charge on any atom is -0.486 e. The molecule has 2 nitrogen and oxygen atoms in total. The lowest BCUT2D eigenvalue weighted by molar-refractivity contribution is -0.120. The van der Waals surface area contributed by atoms with E-state index in [-0.39, 0.29) is 12.4 Å². The van der Waals surface area contributed by atoms with Gasteiger partial charge in [0, 0.05) is 11.4 Å². The molecule has 1 aromatic carbocycles. The number of hydrogen-bond donors (Lipinski definition) is 0. The van der Waals surface area contributed by atoms with Crippen LogP contribution in [0.4, 0.5) is 0 Å². The zero-order valence-electron chi connectivity index (χ0n) is 9.05. The van der Waals surface area contributed by atoms with E-state index in [0.29, 0.717) is 12.2 Å². The fourth-order valence-corrected chi connectivity index (χ4v) is 1.43. The van der Waals surface area contributed by atoms with Gasteiger partial charge in [-0.25, -0.2) is 0 Å². The largest absolute Gasteiger partial charge is 0.486 e. The average molecular weight is 227 g/mol. The molecule has 1 aromatic rings. The minimum absolute atomic E-state index is 0.1000. The van der Waals surface area contributed by atoms with E-state index >= 15 is 0 Å². The Kier molecular flexibility index (Phi) is 4.63. The highest BCUT2D eigenvalue weighted by Gasteiger charge is 2.03. The van der Waals surface area contributed by atoms with Crippen LogP contribution in [0.1, 0.15) is 25.8 Å². The van der Waals surface area contributed by atoms with Gasteiger partial charge in [-0.2, -0.15) is 0 Å². The molecule has 0 aliphatic rings. The van der Waals surface area contributed by atoms with E-state index in [2.05, 4.69) is 0 Å². The van der Waals surface area contributed by atoms with Crippen LogP contribution in [0.15, 0.2) is 18.2 Å². The van der Waals surface area contributed by atoms with Gasteiger partial charge in [-0.1, -0.05) is 25.4 Å². The standard InChI is InChI=1S/C12H15ClO2/c1-3-9-7-11(5-6-12(9)13)15-8-10(14)4-2/h5-7H,3-4,8H2,1-2H3. The van der Waals surface area contributed by atoms with Crippen LogP contribution in [0.2, 0.25) is 5.02 Å². The molecule has 0 aliphatic carbocycles. The van der Waals surface area contributed by atoms with Crippen LogP contribution >= 0.6 is 11.6 Å². The van der Waals surface area contributed by atoms with Crippen molar-refractivity contribution >= 4 is 17.4 Å². The van der Waals surface area contributed by atoms with Gasteiger partial charge in [0.15, 0.2) is 5.78 Å². The fraction of sp³-hybridized carbons (Fsp3) is 0.417. The van der Waals surface area contributed by atoms with Crippen molar-refractivity contribution in [1.82, 2.24) is 0 Å². The summed E-state index contributed by atoms with van der Waals surface area (Å²) in [4.78, 5) is 11.1. The Morgan fingerprint density at radius 3 is 2.73 bits per heavy atom. The first kappa shape index (κ1) is 12.1. The monoisotopic (exact) mass is 226 g/mol. The van der Waals surface area contributed by atoms with E-state index in [1.165, 1.54) is 0 Å². The highest BCUT2D eigenvalue weighted by molar-refractivity contribution is 6.31. The van der Waals surface area contributed by atoms with Crippen molar-refractivity contribution in [2.45, 2.75) is 26.7 Å². The summed E-state index contributed by atoms with van der Waals surface area (Å²) in [6.45, 7) is 3.99. The Morgan fingerprint density at radius 1 is 1.40 bits per heavy atom. The number of aryl methyl sites for hydroxylation is 1. The molecule has 0 aliphatic heterocycles. The lowest BCUT2D eigenvalue weighted by atomic mass is 10.1. The summed E-state index contributed by atoms with van der Waals surface area (Å²) in [5.41, 5.74) is 1.04. The van der Waals surface area contributed by atoms with Crippen molar-refractivity contribution in [3.63, 3.8) is 0 Å². The summed E-state index contributed by atoms with van der Waals surface area (Å²) in [7, 11) is 0. The number of benzene rings is 1. The molecule has 3 heteroatoms. The SMILES string of the molecule is CCC(=O)COc1ccc(Cl)c(CC)c1. The molecule has 0 N–H and O–H groups in total. The Hall–Kier alpha value is -1.02. The van der Waals surface area contributed by atoms with Crippen molar-refractivity contribution in [2.24, 2.45) is 0 Å². The molecule has 0 spiro atoms. The maximum absolute atomic E-state index is 11.1. The molecule has 0 amide bonds. The van der Waals surface area contributed by atoms with E-state index < -0.39 is 0 Å². The van der Waals surface area contributed by atoms with Gasteiger partial charge in [0.2, 0.25) is 0 Å². The van der Waals surface area contributed by atoms with Gasteiger partial charge >= 0.3 is 0 Å². The summed E-state index contributed by atoms with van der Waals surface area (Å²) in [5, 5.41) is 0.742. The van der Waals surface area contributed by atoms with E-state index in [4.69, 9.17) is 16.3 Å². The molecule has 1 rings (SSSR count). The number of hydrogen-bond acceptors (Lipinski definition) is 2. The summed E-state index contributed by atoms with van der Waals surface area (Å²) < 4.78 is 5.35. The lowest BCUT2D eigenvalue weighted by Crippen LogP contribution is -2.09. The molecule has 0 saturated heterocycles. The number of Topliss-reactive ketones (excluding diaryl/α,β-unsaturated/α-hetero) is 1. The number of halogens is 1. The van der Waals surface area contributed by atoms with Crippen LogP contribution in [0.3, 0.4) is 0 Å². The third-order valence-corrected chi connectivity index (χ3v) is 2.56. The molecule has 0 unspecified atom stereocenters. The van der Waals surface area contributed by atoms with Crippen LogP contribution in [-0.4, -0.2) is 12.4 Å². The lowest BCUT2D eigenvalue weighted by Gasteiger charge is -2.07. The first-order chi connectivity index (χ1) is 7.17. The summed E-state index contributed by atoms with van der Waals surface area (Å²) in [5.74, 6) is 0.807. The summed E-state index contributed by atoms with van der Waals surface area (Å²) in [6, 6.07) is 5.46. The predicted molar refractivity (Wildman–Crippen MR) is 61.6 cm³/mol. The maximum Gasteiger partial charge on any atom is 0.169 e. The van der Waals surface area contributed by atoms with Crippen molar-refractivity contribution in [3.05, 3.63) is 28.8 Å². The Morgan fingerprint density at radius 2 is 2.13 bits per heavy atom. The predicted octanol–water partition coefficient (Wildman–Crippen LogP) is 3.26. The number of ketones is 1. The molecule has 0 radical (unpaired) electrons. The fourth-order valence-electron chi connectivity index (χ4n) is 1.18. The van der Waals surface area contributed by atoms with Crippen molar-refractivity contribution in [3.8, 4) is 5.75 Å². The van der Waals surface area contributed by atoms with Gasteiger partial charge in [-0.3, -0.25) is 4.79 Å². The first-order valence-electron chi connectivity index (χ1n) is 5.10. The molecule has 0 heterocycles. The molecule has 0 aromatic heterocycles. The molecule has 82 valence electrons. The first-order valence-corrected chi connectivity index (χ1v) is 5.48. The van der Waals surface area contributed by atoms with Crippen LogP contribution in [-0.2, 0) is 11.2 Å². The molecule has 15 heavy (non-hydrogen) atoms. The van der Waals surface area contributed by atoms with Gasteiger partial charge in [0.1, 0.15) is 12.4 Å². The van der Waals surface area contributed by atoms with E-state index in [9.17, 15) is 4.79 Å². The third kappa shape index (κ3) is 3.56. The Bertz CT molecular complexity index is 347. The van der Waals surface area contributed by atoms with Crippen LogP contribution in [0, 0.1) is 0 Å². The highest BCUT2D eigenvalue weighted by Crippen LogP contribution is 2.22. The molecular formula is C12H15ClO2. The Labute approximate surface area is 95.2 Å². The van der Waals surface area contributed by atoms with Crippen LogP contribution < -0.4 is 4.74 Å². The molecule has 0 fully saturated rings. The van der Waals surface area contributed by atoms with Crippen LogP contribution in [0.25, 0.3) is 0 Å². The average Bonchev–Trinajstić information content (AvgIpc) is 2.27. The highest BCUT2D eigenvalue weighted by atomic mass is 35.5. The normalized spacial score (nSPS) is 10.1.